The molecule has 2 aliphatic rings. The molecule has 0 spiro atoms. The largest absolute Gasteiger partial charge is 0.465 e. The quantitative estimate of drug-likeness (QED) is 0.247. The molecule has 39 heavy (non-hydrogen) atoms. The molecule has 2 aromatic carbocycles. The average Bonchev–Trinajstić information content (AvgIpc) is 3.36. The lowest BCUT2D eigenvalue weighted by Gasteiger charge is -2.33. The van der Waals surface area contributed by atoms with Crippen molar-refractivity contribution in [2.75, 3.05) is 17.2 Å². The van der Waals surface area contributed by atoms with Gasteiger partial charge in [-0.25, -0.2) is 14.2 Å². The molecule has 0 radical (unpaired) electrons. The number of carbonyl (C=O) groups is 3. The Morgan fingerprint density at radius 1 is 1.21 bits per heavy atom. The summed E-state index contributed by atoms with van der Waals surface area (Å²) in [6.07, 6.45) is 4.39. The number of rotatable bonds is 3. The van der Waals surface area contributed by atoms with Gasteiger partial charge in [0.2, 0.25) is 11.8 Å². The van der Waals surface area contributed by atoms with E-state index in [2.05, 4.69) is 36.5 Å². The van der Waals surface area contributed by atoms with Crippen molar-refractivity contribution in [1.82, 2.24) is 14.9 Å². The fourth-order valence-corrected chi connectivity index (χ4v) is 5.70. The highest BCUT2D eigenvalue weighted by Crippen LogP contribution is 2.38. The molecule has 5 rings (SSSR count). The third-order valence-electron chi connectivity index (χ3n) is 6.82. The molecule has 3 aromatic rings. The van der Waals surface area contributed by atoms with Crippen molar-refractivity contribution in [2.45, 2.75) is 38.1 Å². The summed E-state index contributed by atoms with van der Waals surface area (Å²) in [5.41, 5.74) is 2.84. The van der Waals surface area contributed by atoms with Gasteiger partial charge in [0.25, 0.3) is 0 Å². The van der Waals surface area contributed by atoms with Gasteiger partial charge in [-0.05, 0) is 55.2 Å². The summed E-state index contributed by atoms with van der Waals surface area (Å²) in [6, 6.07) is 7.58. The van der Waals surface area contributed by atoms with E-state index in [4.69, 9.17) is 16.7 Å². The van der Waals surface area contributed by atoms with Crippen LogP contribution in [0.2, 0.25) is 5.02 Å². The van der Waals surface area contributed by atoms with Gasteiger partial charge < -0.3 is 20.3 Å². The third kappa shape index (κ3) is 5.69. The smallest absolute Gasteiger partial charge is 0.409 e. The van der Waals surface area contributed by atoms with Gasteiger partial charge in [-0.2, -0.15) is 0 Å². The molecule has 9 nitrogen and oxygen atoms in total. The zero-order valence-corrected chi connectivity index (χ0v) is 22.9. The van der Waals surface area contributed by atoms with Crippen molar-refractivity contribution in [3.63, 3.8) is 0 Å². The number of carbonyl (C=O) groups excluding carboxylic acids is 2. The van der Waals surface area contributed by atoms with Crippen LogP contribution in [0.3, 0.4) is 0 Å². The van der Waals surface area contributed by atoms with E-state index in [1.807, 2.05) is 0 Å². The van der Waals surface area contributed by atoms with Gasteiger partial charge >= 0.3 is 6.09 Å². The molecule has 0 aliphatic carbocycles. The van der Waals surface area contributed by atoms with Gasteiger partial charge in [-0.15, -0.1) is 0 Å². The molecule has 0 saturated heterocycles. The van der Waals surface area contributed by atoms with Gasteiger partial charge in [0, 0.05) is 40.3 Å². The number of imidazole rings is 1. The molecule has 3 amide bonds. The maximum Gasteiger partial charge on any atom is 0.409 e. The van der Waals surface area contributed by atoms with Crippen LogP contribution in [0.4, 0.5) is 20.6 Å². The average molecular weight is 617 g/mol. The lowest BCUT2D eigenvalue weighted by atomic mass is 9.96. The predicted molar refractivity (Wildman–Crippen MR) is 149 cm³/mol. The van der Waals surface area contributed by atoms with Gasteiger partial charge in [0.05, 0.1) is 28.6 Å². The first-order valence-electron chi connectivity index (χ1n) is 12.4. The van der Waals surface area contributed by atoms with Crippen molar-refractivity contribution < 1.29 is 23.9 Å². The van der Waals surface area contributed by atoms with Crippen molar-refractivity contribution in [2.24, 2.45) is 0 Å². The molecule has 202 valence electrons. The van der Waals surface area contributed by atoms with Crippen molar-refractivity contribution in [3.8, 4) is 11.3 Å². The van der Waals surface area contributed by atoms with E-state index in [9.17, 15) is 18.8 Å². The number of halogens is 3. The van der Waals surface area contributed by atoms with Crippen LogP contribution in [0, 0.1) is 5.82 Å². The number of aromatic nitrogens is 2. The number of carboxylic acid groups (broad SMARTS) is 1. The lowest BCUT2D eigenvalue weighted by Crippen LogP contribution is -2.38. The maximum absolute atomic E-state index is 14.8. The molecule has 0 unspecified atom stereocenters. The molecule has 0 saturated carbocycles. The third-order valence-corrected chi connectivity index (χ3v) is 7.77. The Hall–Kier alpha value is -3.70. The summed E-state index contributed by atoms with van der Waals surface area (Å²) < 4.78 is 15.3. The highest BCUT2D eigenvalue weighted by atomic mass is 79.9. The molecule has 2 aliphatic heterocycles. The first-order valence-corrected chi connectivity index (χ1v) is 13.5. The zero-order chi connectivity index (χ0) is 27.7. The second-order valence-corrected chi connectivity index (χ2v) is 10.6. The molecule has 2 bridgehead atoms. The normalized spacial score (nSPS) is 17.9. The number of H-pyrrole nitrogens is 1. The van der Waals surface area contributed by atoms with Crippen LogP contribution in [0.25, 0.3) is 16.8 Å². The van der Waals surface area contributed by atoms with Crippen LogP contribution in [-0.4, -0.2) is 44.4 Å². The summed E-state index contributed by atoms with van der Waals surface area (Å²) in [5, 5.41) is 14.2. The standard InChI is InChI=1S/C27H24BrClFN5O4/c28-17-7-8-18(29)25(30)24(17)14-9-10-35(23(37)11-14)21-3-1-2-4-22(36)33-19-12-15(32-27(38)39)5-6-16(19)20-13-31-26(21)34-20/h5-8,11-13,21,32H,1-4,9-10H2,(H,31,34)(H,33,36)(H,38,39)/t21-/m0/s1. The Balaban J connectivity index is 1.48. The highest BCUT2D eigenvalue weighted by Gasteiger charge is 2.31. The van der Waals surface area contributed by atoms with Crippen LogP contribution in [0.5, 0.6) is 0 Å². The van der Waals surface area contributed by atoms with E-state index in [0.717, 1.165) is 0 Å². The molecule has 1 atom stereocenters. The number of fused-ring (bicyclic) bond motifs is 4. The SMILES string of the molecule is O=C(O)Nc1ccc2c(c1)NC(=O)CCCC[C@H](N1CCC(c3c(Br)ccc(Cl)c3F)=CC1=O)c1ncc-2[nH]1. The number of hydrogen-bond acceptors (Lipinski definition) is 4. The van der Waals surface area contributed by atoms with E-state index in [1.54, 1.807) is 35.4 Å². The Morgan fingerprint density at radius 2 is 2.03 bits per heavy atom. The van der Waals surface area contributed by atoms with Crippen LogP contribution >= 0.6 is 27.5 Å². The number of benzene rings is 2. The van der Waals surface area contributed by atoms with Gasteiger partial charge in [-0.3, -0.25) is 14.9 Å². The Kier molecular flexibility index (Phi) is 7.72. The van der Waals surface area contributed by atoms with E-state index >= 15 is 0 Å². The second-order valence-electron chi connectivity index (χ2n) is 9.35. The lowest BCUT2D eigenvalue weighted by molar-refractivity contribution is -0.129. The maximum atomic E-state index is 14.8. The van der Waals surface area contributed by atoms with Crippen molar-refractivity contribution in [1.29, 1.82) is 0 Å². The molecule has 12 heteroatoms. The predicted octanol–water partition coefficient (Wildman–Crippen LogP) is 6.59. The van der Waals surface area contributed by atoms with Crippen LogP contribution in [-0.2, 0) is 9.59 Å². The molecular weight excluding hydrogens is 593 g/mol. The fraction of sp³-hybridized carbons (Fsp3) is 0.259. The minimum absolute atomic E-state index is 0.0124. The number of hydrogen-bond donors (Lipinski definition) is 4. The number of aromatic amines is 1. The monoisotopic (exact) mass is 615 g/mol. The number of nitrogens with zero attached hydrogens (tertiary/aromatic N) is 2. The van der Waals surface area contributed by atoms with Gasteiger partial charge in [0.15, 0.2) is 0 Å². The minimum Gasteiger partial charge on any atom is -0.465 e. The summed E-state index contributed by atoms with van der Waals surface area (Å²) in [5.74, 6) is -0.439. The Labute approximate surface area is 236 Å². The molecule has 0 fully saturated rings. The van der Waals surface area contributed by atoms with E-state index in [1.165, 1.54) is 12.1 Å². The van der Waals surface area contributed by atoms with Gasteiger partial charge in [0.1, 0.15) is 11.6 Å². The van der Waals surface area contributed by atoms with Gasteiger partial charge in [-0.1, -0.05) is 34.0 Å². The fourth-order valence-electron chi connectivity index (χ4n) is 4.99. The molecule has 1 aromatic heterocycles. The minimum atomic E-state index is -1.21. The molecule has 4 N–H and O–H groups in total. The summed E-state index contributed by atoms with van der Waals surface area (Å²) in [7, 11) is 0. The number of anilines is 2. The van der Waals surface area contributed by atoms with Crippen LogP contribution in [0.15, 0.2) is 47.1 Å². The topological polar surface area (TPSA) is 127 Å². The van der Waals surface area contributed by atoms with E-state index in [-0.39, 0.29) is 34.9 Å². The highest BCUT2D eigenvalue weighted by molar-refractivity contribution is 9.10. The van der Waals surface area contributed by atoms with Crippen LogP contribution < -0.4 is 10.6 Å². The first-order chi connectivity index (χ1) is 18.7. The Bertz CT molecular complexity index is 1510. The summed E-state index contributed by atoms with van der Waals surface area (Å²) in [4.78, 5) is 46.7. The summed E-state index contributed by atoms with van der Waals surface area (Å²) in [6.45, 7) is 0.352. The number of amides is 3. The van der Waals surface area contributed by atoms with E-state index < -0.39 is 11.9 Å². The molecule has 3 heterocycles. The number of nitrogens with one attached hydrogen (secondary N) is 3. The summed E-state index contributed by atoms with van der Waals surface area (Å²) >= 11 is 9.36. The zero-order valence-electron chi connectivity index (χ0n) is 20.6. The van der Waals surface area contributed by atoms with Crippen LogP contribution in [0.1, 0.15) is 49.5 Å². The second kappa shape index (κ2) is 11.2. The van der Waals surface area contributed by atoms with Crippen molar-refractivity contribution in [3.05, 3.63) is 69.3 Å². The van der Waals surface area contributed by atoms with E-state index in [0.29, 0.717) is 70.7 Å². The first kappa shape index (κ1) is 26.9. The Morgan fingerprint density at radius 3 is 2.79 bits per heavy atom. The molecular formula is C27H24BrClFN5O4. The van der Waals surface area contributed by atoms with Crippen molar-refractivity contribution >= 4 is 62.4 Å².